The third-order valence-corrected chi connectivity index (χ3v) is 4.22. The molecule has 0 saturated heterocycles. The van der Waals surface area contributed by atoms with Crippen LogP contribution < -0.4 is 11.1 Å². The second kappa shape index (κ2) is 6.28. The topological polar surface area (TPSA) is 79.6 Å². The van der Waals surface area contributed by atoms with Crippen molar-refractivity contribution in [2.45, 2.75) is 13.5 Å². The van der Waals surface area contributed by atoms with Gasteiger partial charge < -0.3 is 16.0 Å². The van der Waals surface area contributed by atoms with Gasteiger partial charge in [-0.3, -0.25) is 4.98 Å². The first kappa shape index (κ1) is 15.2. The number of hydrogen-bond donors (Lipinski definition) is 3. The summed E-state index contributed by atoms with van der Waals surface area (Å²) >= 11 is 0. The molecule has 124 valence electrons. The van der Waals surface area contributed by atoms with Gasteiger partial charge in [0, 0.05) is 18.3 Å². The zero-order valence-electron chi connectivity index (χ0n) is 14.0. The third kappa shape index (κ3) is 2.92. The molecule has 0 saturated carbocycles. The lowest BCUT2D eigenvalue weighted by Gasteiger charge is -2.13. The van der Waals surface area contributed by atoms with Gasteiger partial charge >= 0.3 is 0 Å². The third-order valence-electron chi connectivity index (χ3n) is 4.22. The summed E-state index contributed by atoms with van der Waals surface area (Å²) in [5.41, 5.74) is 12.7. The van der Waals surface area contributed by atoms with Crippen molar-refractivity contribution in [1.82, 2.24) is 15.0 Å². The molecule has 25 heavy (non-hydrogen) atoms. The lowest BCUT2D eigenvalue weighted by Crippen LogP contribution is -2.04. The highest BCUT2D eigenvalue weighted by atomic mass is 14.9. The van der Waals surface area contributed by atoms with Gasteiger partial charge in [0.1, 0.15) is 11.3 Å². The number of fused-ring (bicyclic) bond motifs is 1. The lowest BCUT2D eigenvalue weighted by molar-refractivity contribution is 1.14. The van der Waals surface area contributed by atoms with Crippen LogP contribution in [0.5, 0.6) is 0 Å². The Morgan fingerprint density at radius 3 is 2.72 bits per heavy atom. The number of aromatic nitrogens is 3. The molecule has 4 rings (SSSR count). The minimum Gasteiger partial charge on any atom is -0.397 e. The summed E-state index contributed by atoms with van der Waals surface area (Å²) in [6.45, 7) is 2.61. The van der Waals surface area contributed by atoms with Gasteiger partial charge in [0.05, 0.1) is 22.6 Å². The first-order chi connectivity index (χ1) is 12.2. The second-order valence-electron chi connectivity index (χ2n) is 5.98. The molecule has 5 heteroatoms. The highest BCUT2D eigenvalue weighted by Gasteiger charge is 2.12. The lowest BCUT2D eigenvalue weighted by atomic mass is 10.0. The van der Waals surface area contributed by atoms with Gasteiger partial charge in [-0.1, -0.05) is 36.4 Å². The number of pyridine rings is 1. The minimum absolute atomic E-state index is 0.659. The normalized spacial score (nSPS) is 10.9. The Bertz CT molecular complexity index is 1040. The molecule has 0 atom stereocenters. The summed E-state index contributed by atoms with van der Waals surface area (Å²) in [5.74, 6) is 0.886. The fourth-order valence-corrected chi connectivity index (χ4v) is 3.01. The highest BCUT2D eigenvalue weighted by Crippen LogP contribution is 2.28. The van der Waals surface area contributed by atoms with Crippen LogP contribution in [-0.2, 0) is 6.54 Å². The number of nitrogen functional groups attached to an aromatic ring is 1. The number of nitrogens with zero attached hydrogens (tertiary/aromatic N) is 2. The molecule has 4 aromatic rings. The molecule has 0 radical (unpaired) electrons. The minimum atomic E-state index is 0.659. The number of imidazole rings is 1. The maximum Gasteiger partial charge on any atom is 0.115 e. The van der Waals surface area contributed by atoms with Crippen molar-refractivity contribution in [3.05, 3.63) is 72.2 Å². The van der Waals surface area contributed by atoms with E-state index in [0.717, 1.165) is 45.1 Å². The number of nitrogens with two attached hydrogens (primary N) is 1. The quantitative estimate of drug-likeness (QED) is 0.492. The first-order valence-corrected chi connectivity index (χ1v) is 8.20. The number of rotatable bonds is 4. The summed E-state index contributed by atoms with van der Waals surface area (Å²) < 4.78 is 0. The summed E-state index contributed by atoms with van der Waals surface area (Å²) in [6, 6.07) is 18.0. The summed E-state index contributed by atoms with van der Waals surface area (Å²) in [4.78, 5) is 12.5. The molecule has 2 heterocycles. The van der Waals surface area contributed by atoms with E-state index < -0.39 is 0 Å². The van der Waals surface area contributed by atoms with Gasteiger partial charge in [0.2, 0.25) is 0 Å². The predicted octanol–water partition coefficient (Wildman–Crippen LogP) is 4.13. The number of hydrogen-bond acceptors (Lipinski definition) is 4. The molecule has 0 spiro atoms. The zero-order valence-corrected chi connectivity index (χ0v) is 14.0. The van der Waals surface area contributed by atoms with E-state index in [-0.39, 0.29) is 0 Å². The van der Waals surface area contributed by atoms with E-state index in [9.17, 15) is 0 Å². The predicted molar refractivity (Wildman–Crippen MR) is 102 cm³/mol. The van der Waals surface area contributed by atoms with Crippen LogP contribution in [0.15, 0.2) is 60.8 Å². The maximum atomic E-state index is 6.02. The molecule has 0 unspecified atom stereocenters. The van der Waals surface area contributed by atoms with Crippen molar-refractivity contribution >= 4 is 22.4 Å². The molecular weight excluding hydrogens is 310 g/mol. The SMILES string of the molecule is Cc1nc2c(-c3ccccc3CNc3ccccc3N)nccc2[nH]1. The monoisotopic (exact) mass is 329 g/mol. The molecular formula is C20H19N5. The number of aryl methyl sites for hydroxylation is 1. The van der Waals surface area contributed by atoms with Crippen LogP contribution in [0.25, 0.3) is 22.3 Å². The van der Waals surface area contributed by atoms with Gasteiger partial charge in [0.25, 0.3) is 0 Å². The van der Waals surface area contributed by atoms with Crippen LogP contribution in [0.3, 0.4) is 0 Å². The van der Waals surface area contributed by atoms with Gasteiger partial charge in [-0.15, -0.1) is 0 Å². The van der Waals surface area contributed by atoms with Gasteiger partial charge in [0.15, 0.2) is 0 Å². The molecule has 0 bridgehead atoms. The number of benzene rings is 2. The average Bonchev–Trinajstić information content (AvgIpc) is 3.01. The van der Waals surface area contributed by atoms with Crippen LogP contribution in [0.1, 0.15) is 11.4 Å². The van der Waals surface area contributed by atoms with Crippen LogP contribution in [0.4, 0.5) is 11.4 Å². The summed E-state index contributed by atoms with van der Waals surface area (Å²) in [5, 5.41) is 3.41. The zero-order chi connectivity index (χ0) is 17.2. The number of nitrogens with one attached hydrogen (secondary N) is 2. The molecule has 0 fully saturated rings. The van der Waals surface area contributed by atoms with Crippen molar-refractivity contribution in [3.63, 3.8) is 0 Å². The highest BCUT2D eigenvalue weighted by molar-refractivity contribution is 5.90. The summed E-state index contributed by atoms with van der Waals surface area (Å²) in [7, 11) is 0. The Hall–Kier alpha value is -3.34. The van der Waals surface area contributed by atoms with Gasteiger partial charge in [-0.25, -0.2) is 4.98 Å². The molecule has 0 aliphatic rings. The van der Waals surface area contributed by atoms with Crippen molar-refractivity contribution in [2.75, 3.05) is 11.1 Å². The van der Waals surface area contributed by atoms with E-state index in [2.05, 4.69) is 32.4 Å². The van der Waals surface area contributed by atoms with E-state index >= 15 is 0 Å². The number of para-hydroxylation sites is 2. The van der Waals surface area contributed by atoms with Crippen LogP contribution in [0.2, 0.25) is 0 Å². The van der Waals surface area contributed by atoms with Gasteiger partial charge in [-0.2, -0.15) is 0 Å². The van der Waals surface area contributed by atoms with Crippen LogP contribution in [0, 0.1) is 6.92 Å². The number of H-pyrrole nitrogens is 1. The average molecular weight is 329 g/mol. The first-order valence-electron chi connectivity index (χ1n) is 8.20. The molecule has 4 N–H and O–H groups in total. The van der Waals surface area contributed by atoms with E-state index in [1.54, 1.807) is 0 Å². The molecule has 5 nitrogen and oxygen atoms in total. The Balaban J connectivity index is 1.73. The second-order valence-corrected chi connectivity index (χ2v) is 5.98. The smallest absolute Gasteiger partial charge is 0.115 e. The van der Waals surface area contributed by atoms with E-state index in [4.69, 9.17) is 5.73 Å². The van der Waals surface area contributed by atoms with E-state index in [0.29, 0.717) is 6.54 Å². The Kier molecular flexibility index (Phi) is 3.82. The van der Waals surface area contributed by atoms with Crippen LogP contribution >= 0.6 is 0 Å². The molecule has 2 aromatic carbocycles. The molecule has 0 amide bonds. The fourth-order valence-electron chi connectivity index (χ4n) is 3.01. The Labute approximate surface area is 145 Å². The Morgan fingerprint density at radius 1 is 1.04 bits per heavy atom. The molecule has 0 aliphatic carbocycles. The standard InChI is InChI=1S/C20H19N5/c1-13-24-18-10-11-22-19(20(18)25-13)15-7-3-2-6-14(15)12-23-17-9-5-4-8-16(17)21/h2-11,23H,12,21H2,1H3,(H,24,25). The fraction of sp³-hybridized carbons (Fsp3) is 0.100. The molecule has 0 aliphatic heterocycles. The molecule has 2 aromatic heterocycles. The Morgan fingerprint density at radius 2 is 1.84 bits per heavy atom. The number of anilines is 2. The van der Waals surface area contributed by atoms with Crippen LogP contribution in [-0.4, -0.2) is 15.0 Å². The number of aromatic amines is 1. The van der Waals surface area contributed by atoms with Crippen molar-refractivity contribution in [1.29, 1.82) is 0 Å². The van der Waals surface area contributed by atoms with Crippen molar-refractivity contribution < 1.29 is 0 Å². The van der Waals surface area contributed by atoms with Crippen molar-refractivity contribution in [3.8, 4) is 11.3 Å². The van der Waals surface area contributed by atoms with Crippen molar-refractivity contribution in [2.24, 2.45) is 0 Å². The van der Waals surface area contributed by atoms with E-state index in [1.165, 1.54) is 0 Å². The van der Waals surface area contributed by atoms with E-state index in [1.807, 2.05) is 55.6 Å². The maximum absolute atomic E-state index is 6.02. The summed E-state index contributed by atoms with van der Waals surface area (Å²) in [6.07, 6.45) is 1.81. The van der Waals surface area contributed by atoms with Gasteiger partial charge in [-0.05, 0) is 30.7 Å². The largest absolute Gasteiger partial charge is 0.397 e.